The first-order valence-electron chi connectivity index (χ1n) is 7.10. The highest BCUT2D eigenvalue weighted by Crippen LogP contribution is 2.37. The van der Waals surface area contributed by atoms with Crippen LogP contribution in [0, 0.1) is 11.3 Å². The molecule has 2 unspecified atom stereocenters. The van der Waals surface area contributed by atoms with Gasteiger partial charge in [-0.2, -0.15) is 0 Å². The van der Waals surface area contributed by atoms with Crippen LogP contribution in [0.3, 0.4) is 0 Å². The van der Waals surface area contributed by atoms with Crippen molar-refractivity contribution < 1.29 is 4.79 Å². The Bertz CT molecular complexity index is 286. The van der Waals surface area contributed by atoms with Crippen LogP contribution in [-0.2, 0) is 4.79 Å². The minimum absolute atomic E-state index is 0.0401. The fraction of sp³-hybridized carbons (Fsp3) is 0.929. The van der Waals surface area contributed by atoms with Gasteiger partial charge in [0.25, 0.3) is 0 Å². The quantitative estimate of drug-likeness (QED) is 0.792. The van der Waals surface area contributed by atoms with Gasteiger partial charge in [-0.05, 0) is 45.4 Å². The van der Waals surface area contributed by atoms with Crippen LogP contribution in [0.15, 0.2) is 0 Å². The summed E-state index contributed by atoms with van der Waals surface area (Å²) in [4.78, 5) is 12.4. The minimum atomic E-state index is -0.327. The molecule has 0 heterocycles. The maximum absolute atomic E-state index is 12.4. The van der Waals surface area contributed by atoms with Crippen LogP contribution in [0.5, 0.6) is 0 Å². The second kappa shape index (κ2) is 4.97. The zero-order valence-corrected chi connectivity index (χ0v) is 11.2. The van der Waals surface area contributed by atoms with E-state index in [2.05, 4.69) is 12.2 Å². The van der Waals surface area contributed by atoms with Gasteiger partial charge in [0.1, 0.15) is 0 Å². The fourth-order valence-electron chi connectivity index (χ4n) is 3.42. The lowest BCUT2D eigenvalue weighted by atomic mass is 9.83. The van der Waals surface area contributed by atoms with Crippen LogP contribution in [0.2, 0.25) is 0 Å². The molecule has 2 saturated carbocycles. The summed E-state index contributed by atoms with van der Waals surface area (Å²) in [6.07, 6.45) is 8.19. The molecule has 98 valence electrons. The molecule has 0 aromatic carbocycles. The second-order valence-electron chi connectivity index (χ2n) is 6.22. The van der Waals surface area contributed by atoms with E-state index in [1.807, 2.05) is 6.92 Å². The summed E-state index contributed by atoms with van der Waals surface area (Å²) in [5.74, 6) is 0.863. The monoisotopic (exact) mass is 238 g/mol. The highest BCUT2D eigenvalue weighted by atomic mass is 16.2. The number of nitrogens with one attached hydrogen (secondary N) is 1. The predicted octanol–water partition coefficient (Wildman–Crippen LogP) is 2.20. The highest BCUT2D eigenvalue weighted by Gasteiger charge is 2.43. The van der Waals surface area contributed by atoms with Crippen molar-refractivity contribution in [2.75, 3.05) is 0 Å². The summed E-state index contributed by atoms with van der Waals surface area (Å²) >= 11 is 0. The number of rotatable bonds is 3. The van der Waals surface area contributed by atoms with Crippen LogP contribution < -0.4 is 11.1 Å². The summed E-state index contributed by atoms with van der Waals surface area (Å²) in [5, 5.41) is 3.22. The van der Waals surface area contributed by atoms with Gasteiger partial charge in [-0.25, -0.2) is 0 Å². The SMILES string of the molecule is C[C@H](NC(=O)C1(C)CCCC1N)C1CCCC1. The molecule has 0 saturated heterocycles. The van der Waals surface area contributed by atoms with Gasteiger partial charge in [0.15, 0.2) is 0 Å². The molecule has 2 rings (SSSR count). The van der Waals surface area contributed by atoms with Gasteiger partial charge in [-0.1, -0.05) is 19.3 Å². The molecule has 0 radical (unpaired) electrons. The Morgan fingerprint density at radius 3 is 2.47 bits per heavy atom. The molecule has 0 aromatic rings. The molecule has 3 atom stereocenters. The van der Waals surface area contributed by atoms with Crippen LogP contribution in [0.25, 0.3) is 0 Å². The zero-order chi connectivity index (χ0) is 12.5. The van der Waals surface area contributed by atoms with E-state index in [1.165, 1.54) is 25.7 Å². The van der Waals surface area contributed by atoms with Gasteiger partial charge in [0, 0.05) is 12.1 Å². The Morgan fingerprint density at radius 1 is 1.29 bits per heavy atom. The molecule has 17 heavy (non-hydrogen) atoms. The van der Waals surface area contributed by atoms with Crippen molar-refractivity contribution in [3.63, 3.8) is 0 Å². The molecule has 2 aliphatic rings. The number of amides is 1. The topological polar surface area (TPSA) is 55.1 Å². The largest absolute Gasteiger partial charge is 0.353 e. The molecule has 1 amide bonds. The van der Waals surface area contributed by atoms with Crippen molar-refractivity contribution in [2.45, 2.75) is 70.9 Å². The molecule has 0 bridgehead atoms. The Morgan fingerprint density at radius 2 is 1.94 bits per heavy atom. The maximum atomic E-state index is 12.4. The highest BCUT2D eigenvalue weighted by molar-refractivity contribution is 5.83. The standard InChI is InChI=1S/C14H26N2O/c1-10(11-6-3-4-7-11)16-13(17)14(2)9-5-8-12(14)15/h10-12H,3-9,15H2,1-2H3,(H,16,17)/t10-,12?,14?/m0/s1. The smallest absolute Gasteiger partial charge is 0.227 e. The van der Waals surface area contributed by atoms with E-state index in [0.717, 1.165) is 19.3 Å². The van der Waals surface area contributed by atoms with E-state index in [0.29, 0.717) is 12.0 Å². The van der Waals surface area contributed by atoms with Crippen molar-refractivity contribution in [3.8, 4) is 0 Å². The molecular formula is C14H26N2O. The van der Waals surface area contributed by atoms with E-state index in [1.54, 1.807) is 0 Å². The molecule has 3 N–H and O–H groups in total. The molecule has 2 fully saturated rings. The summed E-state index contributed by atoms with van der Waals surface area (Å²) < 4.78 is 0. The van der Waals surface area contributed by atoms with E-state index in [4.69, 9.17) is 5.73 Å². The van der Waals surface area contributed by atoms with Crippen molar-refractivity contribution in [1.29, 1.82) is 0 Å². The first kappa shape index (κ1) is 12.9. The minimum Gasteiger partial charge on any atom is -0.353 e. The van der Waals surface area contributed by atoms with Crippen molar-refractivity contribution in [1.82, 2.24) is 5.32 Å². The Kier molecular flexibility index (Phi) is 3.76. The molecule has 0 aliphatic heterocycles. The number of carbonyl (C=O) groups is 1. The Hall–Kier alpha value is -0.570. The molecule has 0 aromatic heterocycles. The first-order valence-corrected chi connectivity index (χ1v) is 7.10. The first-order chi connectivity index (χ1) is 8.04. The van der Waals surface area contributed by atoms with Crippen molar-refractivity contribution in [2.24, 2.45) is 17.1 Å². The lowest BCUT2D eigenvalue weighted by Crippen LogP contribution is -2.50. The van der Waals surface area contributed by atoms with Crippen LogP contribution in [0.1, 0.15) is 58.8 Å². The van der Waals surface area contributed by atoms with Gasteiger partial charge in [-0.3, -0.25) is 4.79 Å². The summed E-state index contributed by atoms with van der Waals surface area (Å²) in [7, 11) is 0. The molecular weight excluding hydrogens is 212 g/mol. The molecule has 0 spiro atoms. The summed E-state index contributed by atoms with van der Waals surface area (Å²) in [5.41, 5.74) is 5.76. The predicted molar refractivity (Wildman–Crippen MR) is 69.5 cm³/mol. The van der Waals surface area contributed by atoms with Crippen molar-refractivity contribution >= 4 is 5.91 Å². The van der Waals surface area contributed by atoms with Crippen LogP contribution >= 0.6 is 0 Å². The third-order valence-corrected chi connectivity index (χ3v) is 5.01. The average molecular weight is 238 g/mol. The number of hydrogen-bond donors (Lipinski definition) is 2. The van der Waals surface area contributed by atoms with Gasteiger partial charge < -0.3 is 11.1 Å². The second-order valence-corrected chi connectivity index (χ2v) is 6.22. The lowest BCUT2D eigenvalue weighted by Gasteiger charge is -2.31. The maximum Gasteiger partial charge on any atom is 0.227 e. The van der Waals surface area contributed by atoms with E-state index >= 15 is 0 Å². The van der Waals surface area contributed by atoms with Crippen molar-refractivity contribution in [3.05, 3.63) is 0 Å². The molecule has 3 nitrogen and oxygen atoms in total. The van der Waals surface area contributed by atoms with Crippen LogP contribution in [-0.4, -0.2) is 18.0 Å². The fourth-order valence-corrected chi connectivity index (χ4v) is 3.42. The molecule has 2 aliphatic carbocycles. The van der Waals surface area contributed by atoms with E-state index in [-0.39, 0.29) is 17.4 Å². The van der Waals surface area contributed by atoms with E-state index in [9.17, 15) is 4.79 Å². The third-order valence-electron chi connectivity index (χ3n) is 5.01. The number of carbonyl (C=O) groups excluding carboxylic acids is 1. The molecule has 3 heteroatoms. The Labute approximate surface area is 105 Å². The number of hydrogen-bond acceptors (Lipinski definition) is 2. The normalized spacial score (nSPS) is 36.1. The third kappa shape index (κ3) is 2.49. The summed E-state index contributed by atoms with van der Waals surface area (Å²) in [6, 6.07) is 0.355. The van der Waals surface area contributed by atoms with Gasteiger partial charge in [-0.15, -0.1) is 0 Å². The summed E-state index contributed by atoms with van der Waals surface area (Å²) in [6.45, 7) is 4.18. The van der Waals surface area contributed by atoms with Gasteiger partial charge >= 0.3 is 0 Å². The lowest BCUT2D eigenvalue weighted by molar-refractivity contribution is -0.131. The Balaban J connectivity index is 1.91. The average Bonchev–Trinajstić information content (AvgIpc) is 2.90. The zero-order valence-electron chi connectivity index (χ0n) is 11.2. The van der Waals surface area contributed by atoms with Gasteiger partial charge in [0.2, 0.25) is 5.91 Å². The van der Waals surface area contributed by atoms with Gasteiger partial charge in [0.05, 0.1) is 5.41 Å². The number of nitrogens with two attached hydrogens (primary N) is 1. The van der Waals surface area contributed by atoms with Crippen LogP contribution in [0.4, 0.5) is 0 Å². The van der Waals surface area contributed by atoms with E-state index < -0.39 is 0 Å².